The summed E-state index contributed by atoms with van der Waals surface area (Å²) in [7, 11) is 0.381. The largest absolute Gasteiger partial charge is 0.469 e. The first-order valence-electron chi connectivity index (χ1n) is 18.9. The van der Waals surface area contributed by atoms with Crippen LogP contribution in [-0.4, -0.2) is 63.7 Å². The third-order valence-electron chi connectivity index (χ3n) is 10.9. The van der Waals surface area contributed by atoms with Crippen LogP contribution in [0.4, 0.5) is 5.69 Å². The highest BCUT2D eigenvalue weighted by Crippen LogP contribution is 2.36. The van der Waals surface area contributed by atoms with Gasteiger partial charge in [0.15, 0.2) is 5.78 Å². The molecule has 6 rings (SSSR count). The van der Waals surface area contributed by atoms with Gasteiger partial charge in [-0.15, -0.1) is 11.3 Å². The van der Waals surface area contributed by atoms with Crippen molar-refractivity contribution in [1.82, 2.24) is 4.31 Å². The van der Waals surface area contributed by atoms with Crippen molar-refractivity contribution in [2.24, 2.45) is 5.92 Å². The number of ketones is 1. The molecule has 2 aliphatic rings. The molecule has 1 N–H and O–H groups in total. The van der Waals surface area contributed by atoms with Crippen molar-refractivity contribution < 1.29 is 37.1 Å². The minimum atomic E-state index is -3.91. The fourth-order valence-electron chi connectivity index (χ4n) is 7.66. The van der Waals surface area contributed by atoms with Crippen LogP contribution in [0.3, 0.4) is 0 Å². The number of methoxy groups -OCH3 is 2. The van der Waals surface area contributed by atoms with Gasteiger partial charge in [0.1, 0.15) is 0 Å². The average molecular weight is 785 g/mol. The quantitative estimate of drug-likeness (QED) is 0.102. The summed E-state index contributed by atoms with van der Waals surface area (Å²) < 4.78 is 38.4. The minimum absolute atomic E-state index is 0.0122. The summed E-state index contributed by atoms with van der Waals surface area (Å²) in [6.45, 7) is 0. The molecule has 2 aliphatic carbocycles. The van der Waals surface area contributed by atoms with Crippen molar-refractivity contribution in [3.05, 3.63) is 116 Å². The molecule has 0 aliphatic heterocycles. The van der Waals surface area contributed by atoms with Crippen LogP contribution in [0.5, 0.6) is 0 Å². The molecule has 10 nitrogen and oxygen atoms in total. The minimum Gasteiger partial charge on any atom is -0.469 e. The van der Waals surface area contributed by atoms with Crippen molar-refractivity contribution >= 4 is 50.7 Å². The SMILES string of the molecule is COC(=O)c1ccc(CCCc2ccc(NC(=O)c3c(CC(=O)c4cccc(S(=O)(=O)N(C)C5CCC(C(=O)OC)CC5)c4)sc4c3CCCC4)cc2)cc1. The number of nitrogens with zero attached hydrogens (tertiary/aromatic N) is 1. The zero-order valence-electron chi connectivity index (χ0n) is 31.6. The standard InChI is InChI=1S/C43H48N2O8S2/c1-45(34-24-20-31(21-25-34)43(49)53-3)55(50,51)35-11-7-10-32(26-35)37(46)27-39-40(36-12-4-5-13-38(36)54-39)41(47)44-33-22-16-29(17-23-33)9-6-8-28-14-18-30(19-15-28)42(48)52-2/h7,10-11,14-19,22-23,26,31,34H,4-6,8-9,12-13,20-21,24-25,27H2,1-3H3,(H,44,47). The number of sulfonamides is 1. The zero-order chi connectivity index (χ0) is 39.1. The Labute approximate surface area is 327 Å². The van der Waals surface area contributed by atoms with E-state index in [0.29, 0.717) is 47.4 Å². The molecule has 1 saturated carbocycles. The molecule has 3 aromatic carbocycles. The van der Waals surface area contributed by atoms with E-state index >= 15 is 0 Å². The summed E-state index contributed by atoms with van der Waals surface area (Å²) in [5.74, 6) is -1.33. The van der Waals surface area contributed by atoms with Gasteiger partial charge in [-0.05, 0) is 124 Å². The topological polar surface area (TPSA) is 136 Å². The first kappa shape index (κ1) is 40.0. The van der Waals surface area contributed by atoms with Gasteiger partial charge in [0, 0.05) is 40.5 Å². The molecule has 0 atom stereocenters. The maximum absolute atomic E-state index is 13.9. The number of fused-ring (bicyclic) bond motifs is 1. The maximum Gasteiger partial charge on any atom is 0.337 e. The van der Waals surface area contributed by atoms with Crippen LogP contribution in [0.1, 0.15) is 102 Å². The second kappa shape index (κ2) is 17.9. The molecule has 0 unspecified atom stereocenters. The van der Waals surface area contributed by atoms with Gasteiger partial charge in [-0.2, -0.15) is 4.31 Å². The van der Waals surface area contributed by atoms with E-state index in [2.05, 4.69) is 5.32 Å². The molecule has 290 valence electrons. The second-order valence-corrected chi connectivity index (χ2v) is 17.6. The van der Waals surface area contributed by atoms with Gasteiger partial charge in [-0.3, -0.25) is 14.4 Å². The summed E-state index contributed by atoms with van der Waals surface area (Å²) in [5, 5.41) is 3.07. The Balaban J connectivity index is 1.10. The van der Waals surface area contributed by atoms with E-state index in [0.717, 1.165) is 66.5 Å². The number of Topliss-reactive ketones (excluding diaryl/α,β-unsaturated/α-hetero) is 1. The maximum atomic E-state index is 13.9. The summed E-state index contributed by atoms with van der Waals surface area (Å²) in [5.41, 5.74) is 5.32. The van der Waals surface area contributed by atoms with Crippen LogP contribution in [0, 0.1) is 5.92 Å². The lowest BCUT2D eigenvalue weighted by molar-refractivity contribution is -0.146. The number of hydrogen-bond donors (Lipinski definition) is 1. The fourth-order valence-corrected chi connectivity index (χ4v) is 10.5. The number of carbonyl (C=O) groups excluding carboxylic acids is 4. The Kier molecular flexibility index (Phi) is 13.0. The van der Waals surface area contributed by atoms with Gasteiger partial charge < -0.3 is 14.8 Å². The van der Waals surface area contributed by atoms with E-state index in [1.165, 1.54) is 42.0 Å². The van der Waals surface area contributed by atoms with Crippen molar-refractivity contribution in [3.63, 3.8) is 0 Å². The normalized spacial score (nSPS) is 16.9. The van der Waals surface area contributed by atoms with E-state index in [4.69, 9.17) is 9.47 Å². The number of carbonyl (C=O) groups is 4. The van der Waals surface area contributed by atoms with Crippen molar-refractivity contribution in [3.8, 4) is 0 Å². The van der Waals surface area contributed by atoms with E-state index in [-0.39, 0.29) is 52.5 Å². The Morgan fingerprint density at radius 2 is 1.47 bits per heavy atom. The Bertz CT molecular complexity index is 2130. The van der Waals surface area contributed by atoms with E-state index in [1.807, 2.05) is 36.4 Å². The molecule has 1 heterocycles. The number of nitrogens with one attached hydrogen (secondary N) is 1. The Hall–Kier alpha value is -4.65. The fraction of sp³-hybridized carbons (Fsp3) is 0.395. The van der Waals surface area contributed by atoms with Crippen LogP contribution in [0.25, 0.3) is 0 Å². The number of esters is 2. The number of rotatable bonds is 14. The monoisotopic (exact) mass is 784 g/mol. The molecule has 1 amide bonds. The third kappa shape index (κ3) is 9.42. The molecular weight excluding hydrogens is 737 g/mol. The molecule has 0 saturated heterocycles. The third-order valence-corrected chi connectivity index (χ3v) is 14.1. The van der Waals surface area contributed by atoms with Gasteiger partial charge in [-0.1, -0.05) is 36.4 Å². The highest BCUT2D eigenvalue weighted by atomic mass is 32.2. The number of benzene rings is 3. The van der Waals surface area contributed by atoms with Gasteiger partial charge in [-0.25, -0.2) is 13.2 Å². The van der Waals surface area contributed by atoms with Crippen LogP contribution in [0.2, 0.25) is 0 Å². The number of aryl methyl sites for hydroxylation is 3. The zero-order valence-corrected chi connectivity index (χ0v) is 33.2. The summed E-state index contributed by atoms with van der Waals surface area (Å²) in [6.07, 6.45) is 8.46. The van der Waals surface area contributed by atoms with Crippen LogP contribution in [0.15, 0.2) is 77.7 Å². The number of thiophene rings is 1. The summed E-state index contributed by atoms with van der Waals surface area (Å²) in [6, 6.07) is 21.1. The molecular formula is C43H48N2O8S2. The van der Waals surface area contributed by atoms with Gasteiger partial charge in [0.05, 0.1) is 36.2 Å². The summed E-state index contributed by atoms with van der Waals surface area (Å²) >= 11 is 1.51. The number of ether oxygens (including phenoxy) is 2. The highest BCUT2D eigenvalue weighted by Gasteiger charge is 2.34. The molecule has 0 bridgehead atoms. The average Bonchev–Trinajstić information content (AvgIpc) is 3.58. The van der Waals surface area contributed by atoms with Crippen LogP contribution < -0.4 is 5.32 Å². The molecule has 0 spiro atoms. The Morgan fingerprint density at radius 3 is 2.13 bits per heavy atom. The van der Waals surface area contributed by atoms with Gasteiger partial charge in [0.25, 0.3) is 5.91 Å². The lowest BCUT2D eigenvalue weighted by atomic mass is 9.86. The van der Waals surface area contributed by atoms with E-state index in [9.17, 15) is 27.6 Å². The van der Waals surface area contributed by atoms with Crippen LogP contribution >= 0.6 is 11.3 Å². The lowest BCUT2D eigenvalue weighted by Crippen LogP contribution is -2.40. The van der Waals surface area contributed by atoms with Gasteiger partial charge >= 0.3 is 11.9 Å². The molecule has 4 aromatic rings. The van der Waals surface area contributed by atoms with Crippen molar-refractivity contribution in [1.29, 1.82) is 0 Å². The smallest absolute Gasteiger partial charge is 0.337 e. The molecule has 55 heavy (non-hydrogen) atoms. The Morgan fingerprint density at radius 1 is 0.818 bits per heavy atom. The molecule has 0 radical (unpaired) electrons. The second-order valence-electron chi connectivity index (χ2n) is 14.4. The number of anilines is 1. The molecule has 1 fully saturated rings. The first-order chi connectivity index (χ1) is 26.5. The van der Waals surface area contributed by atoms with Crippen molar-refractivity contribution in [2.45, 2.75) is 88.0 Å². The van der Waals surface area contributed by atoms with Gasteiger partial charge in [0.2, 0.25) is 10.0 Å². The predicted molar refractivity (Wildman–Crippen MR) is 212 cm³/mol. The summed E-state index contributed by atoms with van der Waals surface area (Å²) in [4.78, 5) is 53.3. The molecule has 12 heteroatoms. The first-order valence-corrected chi connectivity index (χ1v) is 21.1. The predicted octanol–water partition coefficient (Wildman–Crippen LogP) is 7.62. The van der Waals surface area contributed by atoms with E-state index in [1.54, 1.807) is 31.3 Å². The number of amides is 1. The van der Waals surface area contributed by atoms with Crippen molar-refractivity contribution in [2.75, 3.05) is 26.6 Å². The lowest BCUT2D eigenvalue weighted by Gasteiger charge is -2.33. The highest BCUT2D eigenvalue weighted by molar-refractivity contribution is 7.89. The van der Waals surface area contributed by atoms with Crippen LogP contribution in [-0.2, 0) is 56.4 Å². The molecule has 1 aromatic heterocycles. The number of hydrogen-bond acceptors (Lipinski definition) is 9. The van der Waals surface area contributed by atoms with E-state index < -0.39 is 10.0 Å².